The zero-order valence-corrected chi connectivity index (χ0v) is 10.5. The van der Waals surface area contributed by atoms with E-state index in [1.807, 2.05) is 13.8 Å². The molecule has 1 fully saturated rings. The topological polar surface area (TPSA) is 81.3 Å². The minimum atomic E-state index is -1.22. The van der Waals surface area contributed by atoms with Gasteiger partial charge in [0.15, 0.2) is 0 Å². The summed E-state index contributed by atoms with van der Waals surface area (Å²) in [4.78, 5) is 22.4. The fraction of sp³-hybridized carbons (Fsp3) is 0.833. The first-order valence-corrected chi connectivity index (χ1v) is 6.27. The number of amides is 2. The van der Waals surface area contributed by atoms with Crippen molar-refractivity contribution in [2.45, 2.75) is 58.0 Å². The molecular formula is C12H21N2O3-. The van der Waals surface area contributed by atoms with Gasteiger partial charge in [0, 0.05) is 6.04 Å². The Labute approximate surface area is 102 Å². The standard InChI is InChI=1S/C12H22N2O3/c1-8(2)7-10(11(15)16)14-12(17)13-9-5-3-4-6-9/h8-10H,3-7H2,1-2H3,(H,15,16)(H2,13,14,17)/p-1/t10-/m0/s1. The fourth-order valence-corrected chi connectivity index (χ4v) is 2.14. The van der Waals surface area contributed by atoms with Crippen LogP contribution in [0.25, 0.3) is 0 Å². The summed E-state index contributed by atoms with van der Waals surface area (Å²) in [5.41, 5.74) is 0. The highest BCUT2D eigenvalue weighted by molar-refractivity contribution is 5.81. The van der Waals surface area contributed by atoms with Gasteiger partial charge in [0.05, 0.1) is 12.0 Å². The molecule has 0 aromatic rings. The molecule has 0 aromatic heterocycles. The summed E-state index contributed by atoms with van der Waals surface area (Å²) in [5.74, 6) is -1.02. The van der Waals surface area contributed by atoms with E-state index in [1.54, 1.807) is 0 Å². The third kappa shape index (κ3) is 5.06. The molecule has 0 unspecified atom stereocenters. The molecular weight excluding hydrogens is 220 g/mol. The van der Waals surface area contributed by atoms with Gasteiger partial charge in [0.1, 0.15) is 0 Å². The first kappa shape index (κ1) is 13.8. The molecule has 1 aliphatic carbocycles. The number of hydrogen-bond acceptors (Lipinski definition) is 3. The average Bonchev–Trinajstić information content (AvgIpc) is 2.68. The molecule has 0 radical (unpaired) electrons. The van der Waals surface area contributed by atoms with Crippen LogP contribution in [0.3, 0.4) is 0 Å². The highest BCUT2D eigenvalue weighted by Gasteiger charge is 2.19. The number of aliphatic carboxylic acids is 1. The number of carboxylic acid groups (broad SMARTS) is 1. The smallest absolute Gasteiger partial charge is 0.315 e. The highest BCUT2D eigenvalue weighted by Crippen LogP contribution is 2.17. The van der Waals surface area contributed by atoms with Gasteiger partial charge in [-0.25, -0.2) is 4.79 Å². The van der Waals surface area contributed by atoms with E-state index in [9.17, 15) is 14.7 Å². The summed E-state index contributed by atoms with van der Waals surface area (Å²) in [5, 5.41) is 16.1. The lowest BCUT2D eigenvalue weighted by Gasteiger charge is -2.23. The van der Waals surface area contributed by atoms with E-state index < -0.39 is 18.0 Å². The van der Waals surface area contributed by atoms with Gasteiger partial charge in [-0.15, -0.1) is 0 Å². The Morgan fingerprint density at radius 2 is 1.88 bits per heavy atom. The number of nitrogens with one attached hydrogen (secondary N) is 2. The molecule has 5 heteroatoms. The number of carbonyl (C=O) groups excluding carboxylic acids is 2. The number of rotatable bonds is 5. The van der Waals surface area contributed by atoms with E-state index in [0.29, 0.717) is 6.42 Å². The summed E-state index contributed by atoms with van der Waals surface area (Å²) in [6.07, 6.45) is 4.60. The van der Waals surface area contributed by atoms with Crippen LogP contribution in [0.2, 0.25) is 0 Å². The highest BCUT2D eigenvalue weighted by atomic mass is 16.4. The Balaban J connectivity index is 2.37. The Morgan fingerprint density at radius 3 is 2.35 bits per heavy atom. The summed E-state index contributed by atoms with van der Waals surface area (Å²) in [6.45, 7) is 3.82. The van der Waals surface area contributed by atoms with E-state index in [0.717, 1.165) is 25.7 Å². The molecule has 5 nitrogen and oxygen atoms in total. The first-order valence-electron chi connectivity index (χ1n) is 6.27. The normalized spacial score (nSPS) is 18.1. The van der Waals surface area contributed by atoms with Crippen LogP contribution in [0, 0.1) is 5.92 Å². The maximum Gasteiger partial charge on any atom is 0.315 e. The second kappa shape index (κ2) is 6.47. The van der Waals surface area contributed by atoms with Crippen LogP contribution in [0.1, 0.15) is 46.0 Å². The van der Waals surface area contributed by atoms with E-state index in [1.165, 1.54) is 0 Å². The van der Waals surface area contributed by atoms with Crippen LogP contribution < -0.4 is 15.7 Å². The van der Waals surface area contributed by atoms with Crippen molar-refractivity contribution in [3.8, 4) is 0 Å². The second-order valence-corrected chi connectivity index (χ2v) is 5.10. The van der Waals surface area contributed by atoms with Gasteiger partial charge in [-0.05, 0) is 25.2 Å². The third-order valence-electron chi connectivity index (χ3n) is 2.99. The average molecular weight is 241 g/mol. The SMILES string of the molecule is CC(C)C[C@H](NC(=O)NC1CCCC1)C(=O)[O-]. The summed E-state index contributed by atoms with van der Waals surface area (Å²) < 4.78 is 0. The van der Waals surface area contributed by atoms with Crippen LogP contribution in [-0.2, 0) is 4.79 Å². The van der Waals surface area contributed by atoms with Gasteiger partial charge >= 0.3 is 6.03 Å². The summed E-state index contributed by atoms with van der Waals surface area (Å²) in [7, 11) is 0. The van der Waals surface area contributed by atoms with Crippen molar-refractivity contribution in [2.75, 3.05) is 0 Å². The zero-order valence-electron chi connectivity index (χ0n) is 10.5. The van der Waals surface area contributed by atoms with Crippen molar-refractivity contribution in [2.24, 2.45) is 5.92 Å². The van der Waals surface area contributed by atoms with Crippen molar-refractivity contribution in [1.29, 1.82) is 0 Å². The molecule has 2 N–H and O–H groups in total. The monoisotopic (exact) mass is 241 g/mol. The van der Waals surface area contributed by atoms with Gasteiger partial charge in [-0.2, -0.15) is 0 Å². The number of carboxylic acids is 1. The summed E-state index contributed by atoms with van der Waals surface area (Å²) in [6, 6.07) is -1.11. The number of hydrogen-bond donors (Lipinski definition) is 2. The first-order chi connectivity index (χ1) is 7.99. The second-order valence-electron chi connectivity index (χ2n) is 5.10. The van der Waals surface area contributed by atoms with Gasteiger partial charge < -0.3 is 20.5 Å². The van der Waals surface area contributed by atoms with Crippen LogP contribution in [0.15, 0.2) is 0 Å². The minimum absolute atomic E-state index is 0.191. The van der Waals surface area contributed by atoms with Crippen LogP contribution in [0.4, 0.5) is 4.79 Å². The number of carbonyl (C=O) groups is 2. The maximum atomic E-state index is 11.6. The molecule has 98 valence electrons. The van der Waals surface area contributed by atoms with Gasteiger partial charge in [0.2, 0.25) is 0 Å². The lowest BCUT2D eigenvalue weighted by molar-refractivity contribution is -0.308. The molecule has 0 aromatic carbocycles. The van der Waals surface area contributed by atoms with E-state index in [-0.39, 0.29) is 12.0 Å². The Morgan fingerprint density at radius 1 is 1.29 bits per heavy atom. The molecule has 2 amide bonds. The lowest BCUT2D eigenvalue weighted by Crippen LogP contribution is -2.52. The molecule has 0 spiro atoms. The Kier molecular flexibility index (Phi) is 5.25. The molecule has 17 heavy (non-hydrogen) atoms. The Bertz CT molecular complexity index is 273. The Hall–Kier alpha value is -1.26. The summed E-state index contributed by atoms with van der Waals surface area (Å²) >= 11 is 0. The van der Waals surface area contributed by atoms with Crippen molar-refractivity contribution in [3.05, 3.63) is 0 Å². The fourth-order valence-electron chi connectivity index (χ4n) is 2.14. The van der Waals surface area contributed by atoms with E-state index in [4.69, 9.17) is 0 Å². The lowest BCUT2D eigenvalue weighted by atomic mass is 10.0. The van der Waals surface area contributed by atoms with Gasteiger partial charge in [0.25, 0.3) is 0 Å². The minimum Gasteiger partial charge on any atom is -0.548 e. The van der Waals surface area contributed by atoms with E-state index >= 15 is 0 Å². The van der Waals surface area contributed by atoms with Gasteiger partial charge in [-0.1, -0.05) is 26.7 Å². The maximum absolute atomic E-state index is 11.6. The zero-order chi connectivity index (χ0) is 12.8. The van der Waals surface area contributed by atoms with Crippen molar-refractivity contribution in [3.63, 3.8) is 0 Å². The molecule has 1 rings (SSSR count). The molecule has 1 aliphatic rings. The van der Waals surface area contributed by atoms with Crippen molar-refractivity contribution < 1.29 is 14.7 Å². The van der Waals surface area contributed by atoms with Crippen LogP contribution in [-0.4, -0.2) is 24.1 Å². The van der Waals surface area contributed by atoms with E-state index in [2.05, 4.69) is 10.6 Å². The molecule has 1 atom stereocenters. The van der Waals surface area contributed by atoms with Crippen LogP contribution in [0.5, 0.6) is 0 Å². The molecule has 0 bridgehead atoms. The quantitative estimate of drug-likeness (QED) is 0.730. The third-order valence-corrected chi connectivity index (χ3v) is 2.99. The number of urea groups is 1. The largest absolute Gasteiger partial charge is 0.548 e. The molecule has 0 aliphatic heterocycles. The predicted molar refractivity (Wildman–Crippen MR) is 62.2 cm³/mol. The van der Waals surface area contributed by atoms with Crippen LogP contribution >= 0.6 is 0 Å². The van der Waals surface area contributed by atoms with Crippen molar-refractivity contribution >= 4 is 12.0 Å². The predicted octanol–water partition coefficient (Wildman–Crippen LogP) is 0.393. The molecule has 0 heterocycles. The van der Waals surface area contributed by atoms with Crippen molar-refractivity contribution in [1.82, 2.24) is 10.6 Å². The molecule has 0 saturated heterocycles. The molecule has 1 saturated carbocycles. The van der Waals surface area contributed by atoms with Gasteiger partial charge in [-0.3, -0.25) is 0 Å².